The Bertz CT molecular complexity index is 777. The molecule has 6 nitrogen and oxygen atoms in total. The molecule has 0 radical (unpaired) electrons. The quantitative estimate of drug-likeness (QED) is 0.663. The number of rotatable bonds is 5. The Morgan fingerprint density at radius 1 is 1.17 bits per heavy atom. The predicted molar refractivity (Wildman–Crippen MR) is 89.7 cm³/mol. The number of hydrogen-bond acceptors (Lipinski definition) is 6. The summed E-state index contributed by atoms with van der Waals surface area (Å²) in [4.78, 5) is 24.9. The van der Waals surface area contributed by atoms with Crippen molar-refractivity contribution < 1.29 is 23.8 Å². The topological polar surface area (TPSA) is 73.9 Å². The predicted octanol–water partition coefficient (Wildman–Crippen LogP) is 2.93. The zero-order chi connectivity index (χ0) is 16.9. The molecular weight excluding hydrogens is 330 g/mol. The highest BCUT2D eigenvalue weighted by molar-refractivity contribution is 7.98. The Balaban J connectivity index is 1.57. The van der Waals surface area contributed by atoms with Gasteiger partial charge >= 0.3 is 5.97 Å². The van der Waals surface area contributed by atoms with Gasteiger partial charge in [-0.25, -0.2) is 4.79 Å². The molecule has 24 heavy (non-hydrogen) atoms. The molecule has 0 saturated carbocycles. The van der Waals surface area contributed by atoms with Gasteiger partial charge in [0.05, 0.1) is 11.3 Å². The molecule has 0 spiro atoms. The number of ether oxygens (including phenoxy) is 3. The van der Waals surface area contributed by atoms with Crippen LogP contribution in [-0.2, 0) is 9.53 Å². The van der Waals surface area contributed by atoms with Crippen LogP contribution >= 0.6 is 11.8 Å². The molecule has 1 N–H and O–H groups in total. The van der Waals surface area contributed by atoms with Crippen molar-refractivity contribution in [2.75, 3.05) is 25.0 Å². The minimum atomic E-state index is -0.596. The number of carbonyl (C=O) groups is 2. The first-order valence-electron chi connectivity index (χ1n) is 7.17. The molecule has 0 fully saturated rings. The monoisotopic (exact) mass is 345 g/mol. The first kappa shape index (κ1) is 16.2. The highest BCUT2D eigenvalue weighted by Crippen LogP contribution is 2.32. The van der Waals surface area contributed by atoms with Gasteiger partial charge in [0.1, 0.15) is 0 Å². The van der Waals surface area contributed by atoms with Crippen molar-refractivity contribution in [2.45, 2.75) is 4.90 Å². The molecule has 1 amide bonds. The summed E-state index contributed by atoms with van der Waals surface area (Å²) in [6.07, 6.45) is 1.92. The molecule has 124 valence electrons. The van der Waals surface area contributed by atoms with E-state index in [9.17, 15) is 9.59 Å². The molecule has 0 aromatic heterocycles. The molecular formula is C17H15NO5S. The molecule has 0 aliphatic carbocycles. The number of carbonyl (C=O) groups excluding carboxylic acids is 2. The number of anilines is 1. The van der Waals surface area contributed by atoms with Gasteiger partial charge < -0.3 is 19.5 Å². The Morgan fingerprint density at radius 2 is 1.96 bits per heavy atom. The van der Waals surface area contributed by atoms with Crippen LogP contribution in [0.25, 0.3) is 0 Å². The van der Waals surface area contributed by atoms with Crippen LogP contribution in [0.1, 0.15) is 10.4 Å². The largest absolute Gasteiger partial charge is 0.454 e. The minimum absolute atomic E-state index is 0.130. The van der Waals surface area contributed by atoms with Gasteiger partial charge in [-0.3, -0.25) is 4.79 Å². The standard InChI is InChI=1S/C17H15NO5S/c1-24-15-5-3-2-4-12(15)18-16(19)9-21-17(20)11-6-7-13-14(8-11)23-10-22-13/h2-8H,9-10H2,1H3,(H,18,19). The molecule has 7 heteroatoms. The van der Waals surface area contributed by atoms with Crippen molar-refractivity contribution in [2.24, 2.45) is 0 Å². The SMILES string of the molecule is CSc1ccccc1NC(=O)COC(=O)c1ccc2c(c1)OCO2. The first-order chi connectivity index (χ1) is 11.7. The molecule has 2 aromatic carbocycles. The summed E-state index contributed by atoms with van der Waals surface area (Å²) in [5.74, 6) is 0.0768. The van der Waals surface area contributed by atoms with Crippen LogP contribution in [-0.4, -0.2) is 31.5 Å². The highest BCUT2D eigenvalue weighted by atomic mass is 32.2. The Morgan fingerprint density at radius 3 is 2.79 bits per heavy atom. The molecule has 1 aliphatic heterocycles. The van der Waals surface area contributed by atoms with E-state index >= 15 is 0 Å². The van der Waals surface area contributed by atoms with Crippen molar-refractivity contribution in [1.82, 2.24) is 0 Å². The van der Waals surface area contributed by atoms with Gasteiger partial charge in [0, 0.05) is 4.90 Å². The van der Waals surface area contributed by atoms with E-state index < -0.39 is 11.9 Å². The number of esters is 1. The molecule has 0 unspecified atom stereocenters. The maximum atomic E-state index is 12.0. The molecule has 1 aliphatic rings. The fraction of sp³-hybridized carbons (Fsp3) is 0.176. The third kappa shape index (κ3) is 3.62. The van der Waals surface area contributed by atoms with Gasteiger partial charge in [-0.2, -0.15) is 0 Å². The smallest absolute Gasteiger partial charge is 0.338 e. The van der Waals surface area contributed by atoms with Crippen molar-refractivity contribution in [3.8, 4) is 11.5 Å². The fourth-order valence-electron chi connectivity index (χ4n) is 2.17. The van der Waals surface area contributed by atoms with Crippen LogP contribution in [0.2, 0.25) is 0 Å². The van der Waals surface area contributed by atoms with Crippen LogP contribution in [0.4, 0.5) is 5.69 Å². The summed E-state index contributed by atoms with van der Waals surface area (Å²) in [7, 11) is 0. The van der Waals surface area contributed by atoms with Crippen molar-refractivity contribution in [3.05, 3.63) is 48.0 Å². The summed E-state index contributed by atoms with van der Waals surface area (Å²) in [6, 6.07) is 12.1. The fourth-order valence-corrected chi connectivity index (χ4v) is 2.73. The summed E-state index contributed by atoms with van der Waals surface area (Å²) >= 11 is 1.52. The molecule has 0 bridgehead atoms. The van der Waals surface area contributed by atoms with Gasteiger partial charge in [-0.15, -0.1) is 11.8 Å². The second-order valence-corrected chi connectivity index (χ2v) is 5.74. The number of benzene rings is 2. The lowest BCUT2D eigenvalue weighted by atomic mass is 10.2. The van der Waals surface area contributed by atoms with E-state index in [-0.39, 0.29) is 13.4 Å². The zero-order valence-electron chi connectivity index (χ0n) is 12.9. The minimum Gasteiger partial charge on any atom is -0.454 e. The Hall–Kier alpha value is -2.67. The maximum absolute atomic E-state index is 12.0. The van der Waals surface area contributed by atoms with Crippen LogP contribution in [0.3, 0.4) is 0 Å². The lowest BCUT2D eigenvalue weighted by Gasteiger charge is -2.09. The Kier molecular flexibility index (Phi) is 4.90. The molecule has 0 saturated heterocycles. The van der Waals surface area contributed by atoms with Crippen molar-refractivity contribution >= 4 is 29.3 Å². The first-order valence-corrected chi connectivity index (χ1v) is 8.39. The number of fused-ring (bicyclic) bond motifs is 1. The molecule has 2 aromatic rings. The van der Waals surface area contributed by atoms with Gasteiger partial charge in [-0.05, 0) is 36.6 Å². The average Bonchev–Trinajstić information content (AvgIpc) is 3.07. The third-order valence-corrected chi connectivity index (χ3v) is 4.12. The summed E-state index contributed by atoms with van der Waals surface area (Å²) in [6.45, 7) is -0.235. The molecule has 1 heterocycles. The lowest BCUT2D eigenvalue weighted by Crippen LogP contribution is -2.21. The van der Waals surface area contributed by atoms with Crippen molar-refractivity contribution in [1.29, 1.82) is 0 Å². The van der Waals surface area contributed by atoms with Gasteiger partial charge in [0.25, 0.3) is 5.91 Å². The Labute approximate surface area is 143 Å². The number of para-hydroxylation sites is 1. The summed E-state index contributed by atoms with van der Waals surface area (Å²) < 4.78 is 15.4. The number of hydrogen-bond donors (Lipinski definition) is 1. The van der Waals surface area contributed by atoms with E-state index in [4.69, 9.17) is 14.2 Å². The van der Waals surface area contributed by atoms with Gasteiger partial charge in [0.15, 0.2) is 18.1 Å². The summed E-state index contributed by atoms with van der Waals surface area (Å²) in [5.41, 5.74) is 0.991. The van der Waals surface area contributed by atoms with Crippen LogP contribution < -0.4 is 14.8 Å². The van der Waals surface area contributed by atoms with Crippen LogP contribution in [0.5, 0.6) is 11.5 Å². The average molecular weight is 345 g/mol. The van der Waals surface area contributed by atoms with Crippen LogP contribution in [0, 0.1) is 0 Å². The van der Waals surface area contributed by atoms with E-state index in [0.717, 1.165) is 4.90 Å². The normalized spacial score (nSPS) is 11.9. The number of thioether (sulfide) groups is 1. The second-order valence-electron chi connectivity index (χ2n) is 4.89. The lowest BCUT2D eigenvalue weighted by molar-refractivity contribution is -0.119. The van der Waals surface area contributed by atoms with E-state index in [1.807, 2.05) is 24.5 Å². The van der Waals surface area contributed by atoms with E-state index in [0.29, 0.717) is 22.7 Å². The van der Waals surface area contributed by atoms with Gasteiger partial charge in [-0.1, -0.05) is 12.1 Å². The number of amides is 1. The van der Waals surface area contributed by atoms with E-state index in [1.165, 1.54) is 17.8 Å². The second kappa shape index (κ2) is 7.27. The zero-order valence-corrected chi connectivity index (χ0v) is 13.7. The third-order valence-electron chi connectivity index (χ3n) is 3.32. The number of nitrogens with one attached hydrogen (secondary N) is 1. The maximum Gasteiger partial charge on any atom is 0.338 e. The molecule has 0 atom stereocenters. The van der Waals surface area contributed by atoms with E-state index in [1.54, 1.807) is 18.2 Å². The highest BCUT2D eigenvalue weighted by Gasteiger charge is 2.17. The summed E-state index contributed by atoms with van der Waals surface area (Å²) in [5, 5.41) is 2.73. The van der Waals surface area contributed by atoms with Crippen LogP contribution in [0.15, 0.2) is 47.4 Å². The molecule has 3 rings (SSSR count). The van der Waals surface area contributed by atoms with E-state index in [2.05, 4.69) is 5.32 Å². The van der Waals surface area contributed by atoms with Crippen molar-refractivity contribution in [3.63, 3.8) is 0 Å². The van der Waals surface area contributed by atoms with Gasteiger partial charge in [0.2, 0.25) is 6.79 Å².